The highest BCUT2D eigenvalue weighted by molar-refractivity contribution is 6.09. The normalized spacial score (nSPS) is 16.8. The maximum atomic E-state index is 13.4. The van der Waals surface area contributed by atoms with Crippen molar-refractivity contribution in [2.24, 2.45) is 5.92 Å². The van der Waals surface area contributed by atoms with Crippen LogP contribution in [-0.4, -0.2) is 50.8 Å². The number of carbonyl (C=O) groups excluding carboxylic acids is 2. The van der Waals surface area contributed by atoms with Crippen LogP contribution in [0.1, 0.15) is 38.7 Å². The third-order valence-corrected chi connectivity index (χ3v) is 8.32. The predicted molar refractivity (Wildman–Crippen MR) is 169 cm³/mol. The topological polar surface area (TPSA) is 111 Å². The predicted octanol–water partition coefficient (Wildman–Crippen LogP) is 5.00. The van der Waals surface area contributed by atoms with Gasteiger partial charge in [-0.2, -0.15) is 0 Å². The fraction of sp³-hybridized carbons (Fsp3) is 0.265. The smallest absolute Gasteiger partial charge is 0.255 e. The molecule has 3 heterocycles. The van der Waals surface area contributed by atoms with Gasteiger partial charge in [0.1, 0.15) is 5.75 Å². The number of pyridine rings is 1. The van der Waals surface area contributed by atoms with E-state index in [0.717, 1.165) is 24.3 Å². The van der Waals surface area contributed by atoms with Crippen LogP contribution in [0.3, 0.4) is 0 Å². The first-order valence-electron chi connectivity index (χ1n) is 14.4. The van der Waals surface area contributed by atoms with E-state index in [-0.39, 0.29) is 29.2 Å². The van der Waals surface area contributed by atoms with Gasteiger partial charge in [-0.3, -0.25) is 14.4 Å². The molecule has 226 valence electrons. The van der Waals surface area contributed by atoms with E-state index in [1.54, 1.807) is 74.9 Å². The van der Waals surface area contributed by atoms with Crippen LogP contribution >= 0.6 is 0 Å². The molecule has 2 bridgehead atoms. The molecule has 2 aliphatic rings. The minimum absolute atomic E-state index is 0.0305. The van der Waals surface area contributed by atoms with Gasteiger partial charge in [0, 0.05) is 60.2 Å². The summed E-state index contributed by atoms with van der Waals surface area (Å²) in [5.41, 5.74) is 3.78. The molecule has 0 aliphatic carbocycles. The van der Waals surface area contributed by atoms with Crippen molar-refractivity contribution >= 4 is 28.9 Å². The monoisotopic (exact) mass is 594 g/mol. The van der Waals surface area contributed by atoms with Gasteiger partial charge in [0.05, 0.1) is 32.7 Å². The molecule has 1 saturated heterocycles. The highest BCUT2D eigenvalue weighted by Crippen LogP contribution is 2.39. The van der Waals surface area contributed by atoms with Crippen LogP contribution in [-0.2, 0) is 6.54 Å². The molecule has 10 heteroatoms. The number of rotatable bonds is 8. The van der Waals surface area contributed by atoms with E-state index in [1.807, 2.05) is 22.8 Å². The van der Waals surface area contributed by atoms with Crippen LogP contribution in [0.4, 0.5) is 17.1 Å². The molecule has 1 fully saturated rings. The van der Waals surface area contributed by atoms with Crippen LogP contribution in [0.5, 0.6) is 17.2 Å². The highest BCUT2D eigenvalue weighted by Gasteiger charge is 2.35. The second-order valence-electron chi connectivity index (χ2n) is 11.0. The Hall–Kier alpha value is -5.25. The number of hydrogen-bond acceptors (Lipinski definition) is 7. The third kappa shape index (κ3) is 5.70. The van der Waals surface area contributed by atoms with E-state index >= 15 is 0 Å². The summed E-state index contributed by atoms with van der Waals surface area (Å²) in [6.45, 7) is 2.06. The Bertz CT molecular complexity index is 1770. The molecule has 0 saturated carbocycles. The summed E-state index contributed by atoms with van der Waals surface area (Å²) in [6.07, 6.45) is 0.999. The van der Waals surface area contributed by atoms with Gasteiger partial charge in [-0.1, -0.05) is 6.07 Å². The number of aromatic nitrogens is 1. The summed E-state index contributed by atoms with van der Waals surface area (Å²) in [7, 11) is 4.65. The van der Waals surface area contributed by atoms with E-state index in [0.29, 0.717) is 52.8 Å². The van der Waals surface area contributed by atoms with Crippen molar-refractivity contribution in [3.63, 3.8) is 0 Å². The maximum absolute atomic E-state index is 13.4. The van der Waals surface area contributed by atoms with Crippen molar-refractivity contribution in [3.05, 3.63) is 106 Å². The van der Waals surface area contributed by atoms with E-state index in [1.165, 1.54) is 7.11 Å². The SMILES string of the molecule is COc1ccc(C(=O)Nc2cc(C(=O)Nc3ccc(OC)c(OC)c3)ccc2N2C[C@H]3C[C@@H](C2)c2cccc(=O)n2C3)cc1. The fourth-order valence-electron chi connectivity index (χ4n) is 6.20. The molecule has 0 spiro atoms. The lowest BCUT2D eigenvalue weighted by molar-refractivity contribution is 0.101. The van der Waals surface area contributed by atoms with Crippen molar-refractivity contribution in [3.8, 4) is 17.2 Å². The van der Waals surface area contributed by atoms with Gasteiger partial charge >= 0.3 is 0 Å². The number of anilines is 3. The minimum Gasteiger partial charge on any atom is -0.497 e. The van der Waals surface area contributed by atoms with Gasteiger partial charge in [-0.15, -0.1) is 0 Å². The van der Waals surface area contributed by atoms with Crippen molar-refractivity contribution < 1.29 is 23.8 Å². The zero-order chi connectivity index (χ0) is 30.8. The van der Waals surface area contributed by atoms with Crippen molar-refractivity contribution in [2.75, 3.05) is 50.0 Å². The quantitative estimate of drug-likeness (QED) is 0.295. The number of ether oxygens (including phenoxy) is 3. The van der Waals surface area contributed by atoms with Gasteiger partial charge in [0.15, 0.2) is 11.5 Å². The first-order chi connectivity index (χ1) is 21.4. The molecule has 1 aromatic heterocycles. The van der Waals surface area contributed by atoms with Gasteiger partial charge in [-0.05, 0) is 73.0 Å². The van der Waals surface area contributed by atoms with Gasteiger partial charge in [0.2, 0.25) is 0 Å². The Balaban J connectivity index is 1.31. The molecule has 2 atom stereocenters. The molecule has 4 aromatic rings. The number of amides is 2. The first kappa shape index (κ1) is 28.9. The largest absolute Gasteiger partial charge is 0.497 e. The number of benzene rings is 3. The Labute approximate surface area is 255 Å². The van der Waals surface area contributed by atoms with Crippen LogP contribution < -0.4 is 35.3 Å². The summed E-state index contributed by atoms with van der Waals surface area (Å²) < 4.78 is 17.8. The minimum atomic E-state index is -0.340. The molecular weight excluding hydrogens is 560 g/mol. The molecular formula is C34H34N4O6. The summed E-state index contributed by atoms with van der Waals surface area (Å²) in [5, 5.41) is 5.96. The Morgan fingerprint density at radius 1 is 0.750 bits per heavy atom. The number of carbonyl (C=O) groups is 2. The number of nitrogens with one attached hydrogen (secondary N) is 2. The van der Waals surface area contributed by atoms with Crippen LogP contribution in [0, 0.1) is 5.92 Å². The lowest BCUT2D eigenvalue weighted by Gasteiger charge is -2.44. The Morgan fingerprint density at radius 2 is 1.50 bits per heavy atom. The molecule has 0 radical (unpaired) electrons. The number of piperidine rings is 1. The number of nitrogens with zero attached hydrogens (tertiary/aromatic N) is 2. The van der Waals surface area contributed by atoms with Crippen LogP contribution in [0.2, 0.25) is 0 Å². The maximum Gasteiger partial charge on any atom is 0.255 e. The van der Waals surface area contributed by atoms with Crippen molar-refractivity contribution in [2.45, 2.75) is 18.9 Å². The number of fused-ring (bicyclic) bond motifs is 4. The third-order valence-electron chi connectivity index (χ3n) is 8.32. The van der Waals surface area contributed by atoms with E-state index in [9.17, 15) is 14.4 Å². The second kappa shape index (κ2) is 12.2. The van der Waals surface area contributed by atoms with E-state index in [4.69, 9.17) is 14.2 Å². The van der Waals surface area contributed by atoms with Crippen molar-refractivity contribution in [1.82, 2.24) is 4.57 Å². The second-order valence-corrected chi connectivity index (χ2v) is 11.0. The standard InChI is InChI=1S/C34H34N4O6/c1-42-26-11-7-22(8-12-26)33(40)36-27-16-23(34(41)35-25-10-14-30(43-2)31(17-25)44-3)9-13-29(27)37-18-21-15-24(20-37)28-5-4-6-32(39)38(28)19-21/h4-14,16-17,21,24H,15,18-20H2,1-3H3,(H,35,41)(H,36,40)/t21-,24+/m1/s1. The van der Waals surface area contributed by atoms with E-state index in [2.05, 4.69) is 15.5 Å². The summed E-state index contributed by atoms with van der Waals surface area (Å²) >= 11 is 0. The Kier molecular flexibility index (Phi) is 7.97. The number of hydrogen-bond donors (Lipinski definition) is 2. The van der Waals surface area contributed by atoms with Crippen LogP contribution in [0.15, 0.2) is 83.7 Å². The average Bonchev–Trinajstić information content (AvgIpc) is 3.05. The van der Waals surface area contributed by atoms with E-state index < -0.39 is 0 Å². The van der Waals surface area contributed by atoms with Gasteiger partial charge in [-0.25, -0.2) is 0 Å². The molecule has 10 nitrogen and oxygen atoms in total. The molecule has 2 aliphatic heterocycles. The first-order valence-corrected chi connectivity index (χ1v) is 14.4. The molecule has 2 N–H and O–H groups in total. The zero-order valence-electron chi connectivity index (χ0n) is 24.8. The molecule has 3 aromatic carbocycles. The highest BCUT2D eigenvalue weighted by atomic mass is 16.5. The lowest BCUT2D eigenvalue weighted by Crippen LogP contribution is -2.47. The summed E-state index contributed by atoms with van der Waals surface area (Å²) in [6, 6.07) is 22.8. The lowest BCUT2D eigenvalue weighted by atomic mass is 9.83. The zero-order valence-corrected chi connectivity index (χ0v) is 24.8. The molecule has 2 amide bonds. The van der Waals surface area contributed by atoms with Gasteiger partial charge < -0.3 is 34.3 Å². The molecule has 44 heavy (non-hydrogen) atoms. The van der Waals surface area contributed by atoms with Gasteiger partial charge in [0.25, 0.3) is 17.4 Å². The van der Waals surface area contributed by atoms with Crippen LogP contribution in [0.25, 0.3) is 0 Å². The fourth-order valence-corrected chi connectivity index (χ4v) is 6.20. The summed E-state index contributed by atoms with van der Waals surface area (Å²) in [5.74, 6) is 1.50. The Morgan fingerprint density at radius 3 is 2.25 bits per heavy atom. The van der Waals surface area contributed by atoms with Crippen molar-refractivity contribution in [1.29, 1.82) is 0 Å². The molecule has 6 rings (SSSR count). The average molecular weight is 595 g/mol. The number of methoxy groups -OCH3 is 3. The summed E-state index contributed by atoms with van der Waals surface area (Å²) in [4.78, 5) is 41.6. The molecule has 0 unspecified atom stereocenters.